The van der Waals surface area contributed by atoms with Gasteiger partial charge in [-0.25, -0.2) is 0 Å². The van der Waals surface area contributed by atoms with E-state index in [2.05, 4.69) is 60.6 Å². The number of hydrogen-bond acceptors (Lipinski definition) is 5. The maximum atomic E-state index is 14.8. The molecule has 0 saturated carbocycles. The topological polar surface area (TPSA) is 62.3 Å². The summed E-state index contributed by atoms with van der Waals surface area (Å²) >= 11 is 3.01. The van der Waals surface area contributed by atoms with Crippen LogP contribution in [0.5, 0.6) is 0 Å². The molecule has 0 aliphatic carbocycles. The summed E-state index contributed by atoms with van der Waals surface area (Å²) in [5.41, 5.74) is 0.869. The molecular formula is C30H27FeN3O2S2. The summed E-state index contributed by atoms with van der Waals surface area (Å²) in [6, 6.07) is 7.90. The van der Waals surface area contributed by atoms with Crippen molar-refractivity contribution in [1.29, 1.82) is 0 Å². The molecule has 5 unspecified atom stereocenters. The summed E-state index contributed by atoms with van der Waals surface area (Å²) in [5.74, 6) is 2.51. The van der Waals surface area contributed by atoms with E-state index in [1.807, 2.05) is 11.0 Å². The van der Waals surface area contributed by atoms with Crippen LogP contribution in [0.15, 0.2) is 35.0 Å². The minimum absolute atomic E-state index is 0.0681. The van der Waals surface area contributed by atoms with Gasteiger partial charge in [-0.2, -0.15) is 0 Å². The molecule has 5 atom stereocenters. The molecule has 1 aromatic carbocycles. The summed E-state index contributed by atoms with van der Waals surface area (Å²) in [6.07, 6.45) is 5.65. The molecule has 13 rings (SSSR count). The van der Waals surface area contributed by atoms with Crippen LogP contribution in [0.25, 0.3) is 10.1 Å². The van der Waals surface area contributed by atoms with Gasteiger partial charge in [-0.3, -0.25) is 0 Å². The third-order valence-electron chi connectivity index (χ3n) is 19.0. The average Bonchev–Trinajstić information content (AvgIpc) is 3.71. The van der Waals surface area contributed by atoms with Crippen LogP contribution in [0.3, 0.4) is 0 Å². The summed E-state index contributed by atoms with van der Waals surface area (Å²) < 4.78 is 1.29. The predicted molar refractivity (Wildman–Crippen MR) is 147 cm³/mol. The Morgan fingerprint density at radius 2 is 1.76 bits per heavy atom. The predicted octanol–water partition coefficient (Wildman–Crippen LogP) is 7.03. The van der Waals surface area contributed by atoms with Crippen molar-refractivity contribution in [2.75, 3.05) is 4.90 Å². The molecule has 0 radical (unpaired) electrons. The van der Waals surface area contributed by atoms with Crippen molar-refractivity contribution in [2.45, 2.75) is 80.0 Å². The standard InChI is InChI=1S/C25H22N3O2S2.C5H5.Fe/c1-5-21-26-18(15-32-21)24(30)28(19-11-8-12-20-17(19)13-14-31-20)22(16-9-6-7-10-16)23(29)27-25(2,3)4;1-2-4-5-3-1;/h1,6-15,22H,2-4H3,(H,27,29);1-5H;. The van der Waals surface area contributed by atoms with Crippen molar-refractivity contribution in [1.82, 2.24) is 10.3 Å². The van der Waals surface area contributed by atoms with Gasteiger partial charge in [-0.15, -0.1) is 0 Å². The van der Waals surface area contributed by atoms with Gasteiger partial charge >= 0.3 is 220 Å². The van der Waals surface area contributed by atoms with E-state index in [4.69, 9.17) is 6.42 Å². The van der Waals surface area contributed by atoms with Crippen LogP contribution in [0.1, 0.15) is 36.3 Å². The molecule has 10 saturated heterocycles. The number of aromatic nitrogens is 1. The van der Waals surface area contributed by atoms with E-state index < -0.39 is 12.6 Å². The number of thiazole rings is 1. The van der Waals surface area contributed by atoms with Crippen molar-refractivity contribution < 1.29 is 16.1 Å². The number of hydrogen-bond donors (Lipinski definition) is 1. The van der Waals surface area contributed by atoms with E-state index >= 15 is 0 Å². The van der Waals surface area contributed by atoms with Crippen molar-refractivity contribution in [2.24, 2.45) is 0 Å². The molecule has 1 N–H and O–H groups in total. The molecule has 1 spiro atoms. The van der Waals surface area contributed by atoms with E-state index in [0.29, 0.717) is 10.7 Å². The number of terminal acetylenes is 1. The zero-order valence-corrected chi connectivity index (χ0v) is 23.9. The van der Waals surface area contributed by atoms with Gasteiger partial charge in [0, 0.05) is 0 Å². The summed E-state index contributed by atoms with van der Waals surface area (Å²) in [4.78, 5) is 45.1. The Balaban J connectivity index is 1.10. The molecule has 0 bridgehead atoms. The van der Waals surface area contributed by atoms with Crippen LogP contribution in [-0.2, 0) is 11.3 Å². The molecule has 38 heavy (non-hydrogen) atoms. The van der Waals surface area contributed by atoms with Gasteiger partial charge in [0.15, 0.2) is 0 Å². The monoisotopic (exact) mass is 581 g/mol. The van der Waals surface area contributed by atoms with Crippen molar-refractivity contribution in [3.63, 3.8) is 0 Å². The number of carbonyl (C=O) groups is 2. The number of benzene rings is 1. The maximum absolute atomic E-state index is 14.8. The summed E-state index contributed by atoms with van der Waals surface area (Å²) in [7, 11) is 0. The van der Waals surface area contributed by atoms with Crippen LogP contribution in [0, 0.1) is 12.3 Å². The molecule has 8 heteroatoms. The number of amides is 2. The quantitative estimate of drug-likeness (QED) is 0.260. The molecule has 10 fully saturated rings. The van der Waals surface area contributed by atoms with Crippen LogP contribution in [0.2, 0.25) is 47.7 Å². The molecule has 12 heterocycles. The number of nitrogens with zero attached hydrogens (tertiary/aromatic N) is 2. The number of anilines is 1. The van der Waals surface area contributed by atoms with Gasteiger partial charge in [0.25, 0.3) is 0 Å². The molecular weight excluding hydrogens is 554 g/mol. The second-order valence-electron chi connectivity index (χ2n) is 16.8. The zero-order chi connectivity index (χ0) is 25.5. The Bertz CT molecular complexity index is 2150. The van der Waals surface area contributed by atoms with Crippen molar-refractivity contribution >= 4 is 50.3 Å². The molecule has 5 nitrogen and oxygen atoms in total. The third-order valence-corrected chi connectivity index (χ3v) is 63.3. The fourth-order valence-electron chi connectivity index (χ4n) is 20.2. The Morgan fingerprint density at radius 1 is 1.08 bits per heavy atom. The van der Waals surface area contributed by atoms with E-state index in [1.165, 1.54) is 11.3 Å². The van der Waals surface area contributed by atoms with Gasteiger partial charge in [0.05, 0.1) is 0 Å². The normalized spacial score (nSPS) is 60.7. The molecule has 2 amide bonds. The second-order valence-corrected chi connectivity index (χ2v) is 42.3. The minimum atomic E-state index is -3.85. The van der Waals surface area contributed by atoms with Gasteiger partial charge in [0.2, 0.25) is 0 Å². The Kier molecular flexibility index (Phi) is 1.39. The first-order valence-electron chi connectivity index (χ1n) is 13.7. The van der Waals surface area contributed by atoms with Gasteiger partial charge < -0.3 is 0 Å². The van der Waals surface area contributed by atoms with Crippen LogP contribution >= 0.6 is 22.7 Å². The van der Waals surface area contributed by atoms with E-state index in [1.54, 1.807) is 16.7 Å². The van der Waals surface area contributed by atoms with Crippen LogP contribution < -0.4 is 10.2 Å². The SMILES string of the molecule is C#Cc1nc(C(=O)N(c2cccc3sccc23)C(C(=O)NC(C)(C)C)[C]23[CH]4[CH]5[CH]6[CH]2[Fe]56432789[CH]3[CH]2[CH]7[CH]8[CH]39)cs1. The van der Waals surface area contributed by atoms with Gasteiger partial charge in [-0.05, 0) is 0 Å². The molecule has 3 aromatic rings. The first-order valence-corrected chi connectivity index (χ1v) is 21.8. The van der Waals surface area contributed by atoms with E-state index in [-0.39, 0.29) is 21.7 Å². The second kappa shape index (κ2) is 2.78. The number of thiophene rings is 1. The summed E-state index contributed by atoms with van der Waals surface area (Å²) in [6.45, 7) is 2.34. The Labute approximate surface area is 218 Å². The van der Waals surface area contributed by atoms with Gasteiger partial charge in [-0.1, -0.05) is 0 Å². The van der Waals surface area contributed by atoms with E-state index in [0.717, 1.165) is 59.1 Å². The molecule has 10 aliphatic rings. The Hall–Kier alpha value is -2.17. The fraction of sp³-hybridized carbons (Fsp3) is 0.500. The first-order chi connectivity index (χ1) is 18.0. The number of fused-ring (bicyclic) bond motifs is 11. The van der Waals surface area contributed by atoms with Crippen LogP contribution in [0.4, 0.5) is 5.69 Å². The van der Waals surface area contributed by atoms with Crippen LogP contribution in [-0.4, -0.2) is 28.4 Å². The number of carbonyl (C=O) groups excluding carboxylic acids is 2. The first kappa shape index (κ1) is 19.0. The Morgan fingerprint density at radius 3 is 2.29 bits per heavy atom. The van der Waals surface area contributed by atoms with Gasteiger partial charge in [0.1, 0.15) is 0 Å². The number of rotatable bonds is 5. The molecule has 10 aliphatic heterocycles. The van der Waals surface area contributed by atoms with Crippen molar-refractivity contribution in [3.8, 4) is 12.3 Å². The molecule has 194 valence electrons. The summed E-state index contributed by atoms with van der Waals surface area (Å²) in [5, 5.41) is 8.85. The number of nitrogens with one attached hydrogen (secondary N) is 1. The molecule has 2 aromatic heterocycles. The third kappa shape index (κ3) is 0.490. The average molecular weight is 582 g/mol. The fourth-order valence-corrected chi connectivity index (χ4v) is 96.3. The van der Waals surface area contributed by atoms with Crippen molar-refractivity contribution in [3.05, 3.63) is 45.7 Å². The van der Waals surface area contributed by atoms with E-state index in [9.17, 15) is 9.59 Å². The zero-order valence-electron chi connectivity index (χ0n) is 21.2.